The van der Waals surface area contributed by atoms with Gasteiger partial charge in [-0.15, -0.1) is 0 Å². The number of allylic oxidation sites excluding steroid dienone is 6. The first-order valence-electron chi connectivity index (χ1n) is 30.8. The quantitative estimate of drug-likeness (QED) is 0.0477. The Morgan fingerprint density at radius 1 is 0.830 bits per heavy atom. The molecule has 6 aliphatic rings. The maximum Gasteiger partial charge on any atom is 2.00 e. The van der Waals surface area contributed by atoms with Crippen LogP contribution >= 0.6 is 7.82 Å². The first-order valence-corrected chi connectivity index (χ1v) is 32.2. The molecule has 1 unspecified atom stereocenters. The van der Waals surface area contributed by atoms with Gasteiger partial charge in [-0.3, -0.25) is 53.1 Å². The number of imidazole rings is 1. The van der Waals surface area contributed by atoms with E-state index in [2.05, 4.69) is 15.6 Å². The summed E-state index contributed by atoms with van der Waals surface area (Å²) in [7, 11) is -5.32. The topological polar surface area (TPSA) is 487 Å². The number of phosphoric acid groups is 1. The Morgan fingerprint density at radius 2 is 1.40 bits per heavy atom. The second-order valence-corrected chi connectivity index (χ2v) is 28.4. The minimum absolute atomic E-state index is 0. The van der Waals surface area contributed by atoms with Gasteiger partial charge in [0, 0.05) is 157 Å². The Labute approximate surface area is 576 Å². The number of benzene rings is 1. The second kappa shape index (κ2) is 30.1. The van der Waals surface area contributed by atoms with E-state index in [1.807, 2.05) is 87.4 Å². The van der Waals surface area contributed by atoms with Crippen molar-refractivity contribution < 1.29 is 83.8 Å². The summed E-state index contributed by atoms with van der Waals surface area (Å²) in [5, 5.41) is 34.4. The van der Waals surface area contributed by atoms with Crippen molar-refractivity contribution in [2.75, 3.05) is 13.2 Å². The number of carbonyl (C=O) groups is 7. The molecule has 28 nitrogen and oxygen atoms in total. The molecule has 1 aromatic heterocycles. The number of hydrogen-bond donors (Lipinski definition) is 10. The summed E-state index contributed by atoms with van der Waals surface area (Å²) < 4.78 is 31.9. The number of phosphoric ester groups is 1. The summed E-state index contributed by atoms with van der Waals surface area (Å²) in [5.41, 5.74) is 37.2. The zero-order valence-electron chi connectivity index (χ0n) is 55.1. The van der Waals surface area contributed by atoms with E-state index < -0.39 is 143 Å². The Balaban J connectivity index is 0.00000396. The Morgan fingerprint density at radius 3 is 1.97 bits per heavy atom. The average Bonchev–Trinajstić information content (AvgIpc) is 1.53. The van der Waals surface area contributed by atoms with Gasteiger partial charge in [-0.05, 0) is 108 Å². The maximum absolute atomic E-state index is 14.4. The maximum atomic E-state index is 14.4. The molecule has 6 aliphatic heterocycles. The van der Waals surface area contributed by atoms with Crippen molar-refractivity contribution in [2.24, 2.45) is 94.7 Å². The van der Waals surface area contributed by atoms with Gasteiger partial charge in [-0.25, -0.2) is 4.98 Å². The number of amides is 7. The Hall–Kier alpha value is -6.13. The molecular formula is C63H89CoInN14O14P. The number of aliphatic hydroxyl groups is 2. The first-order chi connectivity index (χ1) is 42.8. The van der Waals surface area contributed by atoms with Crippen LogP contribution in [0.4, 0.5) is 0 Å². The Kier molecular flexibility index (Phi) is 25.2. The molecule has 2 aromatic rings. The van der Waals surface area contributed by atoms with E-state index in [1.54, 1.807) is 0 Å². The van der Waals surface area contributed by atoms with Crippen LogP contribution in [0.3, 0.4) is 0 Å². The fourth-order valence-electron chi connectivity index (χ4n) is 15.4. The minimum atomic E-state index is -5.32. The fourth-order valence-corrected chi connectivity index (χ4v) is 16.6. The molecule has 1 aromatic carbocycles. The molecule has 512 valence electrons. The summed E-state index contributed by atoms with van der Waals surface area (Å²) in [6, 6.07) is 2.67. The number of aryl methyl sites for hydroxylation is 2. The third-order valence-corrected chi connectivity index (χ3v) is 21.7. The molecule has 2 fully saturated rings. The summed E-state index contributed by atoms with van der Waals surface area (Å²) >= 11 is 0. The monoisotopic (exact) mass is 1470 g/mol. The number of nitrogens with two attached hydrogens (primary N) is 6. The largest absolute Gasteiger partial charge is 2.00 e. The van der Waals surface area contributed by atoms with Gasteiger partial charge in [-0.1, -0.05) is 34.6 Å². The zero-order chi connectivity index (χ0) is 68.7. The zero-order valence-corrected chi connectivity index (χ0v) is 60.3. The van der Waals surface area contributed by atoms with Gasteiger partial charge in [0.2, 0.25) is 41.4 Å². The van der Waals surface area contributed by atoms with Gasteiger partial charge in [-0.2, -0.15) is 0 Å². The third kappa shape index (κ3) is 15.3. The van der Waals surface area contributed by atoms with Crippen LogP contribution in [-0.2, 0) is 68.7 Å². The number of hydrogen-bond acceptors (Lipinski definition) is 20. The predicted octanol–water partition coefficient (Wildman–Crippen LogP) is 2.24. The molecule has 8 bridgehead atoms. The van der Waals surface area contributed by atoms with E-state index in [0.717, 1.165) is 11.1 Å². The SMILES string of the molecule is C/C1=C2N=C(/C=C3\N/C(=C(/C)C4=N[C@@](C)([C@@H]5N=C1[C@](C)(CCC(=O)NC[C@@H](C)OP(=O)([O-])O[C@H]1[C@@H](O)[C@@H](n6cnc7cc(C)c(C)cc76)O[C@@H]1CO)[C@H]5CC(N)=O)[C@@](C)(CC(N)=O)[C@@H]4CCC(N)=O)[C@@](C)(CC(N)=O)[C@@H]3CCC(N)=O)C(C)(C)[C@@H]/2CCC(N)=O.[111In].[C-]#N.[Co+2]. The molecule has 16 N–H and O–H groups in total. The summed E-state index contributed by atoms with van der Waals surface area (Å²) in [4.78, 5) is 128. The van der Waals surface area contributed by atoms with E-state index >= 15 is 0 Å². The molecule has 0 spiro atoms. The van der Waals surface area contributed by atoms with Crippen LogP contribution in [0.1, 0.15) is 150 Å². The van der Waals surface area contributed by atoms with Crippen LogP contribution in [0, 0.1) is 71.0 Å². The standard InChI is InChI=1S/C62H90N13O14P.CN.Co.In/c1-29-20-39-40(21-30(29)2)75(28-70-39)57-52(84)53(41(27-76)87-57)89-90(85,86)88-31(3)26-69-49(83)18-19-59(8)37(22-46(66)80)56-62(11)61(10,25-48(68)82)36(14-17-45(65)79)51(74-62)33(5)55-60(9,24-47(67)81)34(12-15-43(63)77)38(71-55)23-42-58(6,7)35(13-16-44(64)78)50(72-42)32(4)54(59)73-56;1-2;;/h20-21,23,28,31,34-37,41,52-53,56-57,71,76,84H,12-19,22,24-27H2,1-11H3,(H2,63,77)(H2,64,78)(H2,65,79)(H2,66,80)(H2,67,81)(H2,68,82)(H,69,83)(H,85,86);;;/q;-1;+2;/p-1/b38-23-,50-32-,55-33-;;;/t31-,34-,35-,36-,37+,41-,52-,53-,56-,57+,59-,60+,61+,62+;;;/m1.../s1/i;;;1-4. The molecule has 8 rings (SSSR count). The number of rotatable bonds is 26. The summed E-state index contributed by atoms with van der Waals surface area (Å²) in [5.74, 6) is -7.24. The van der Waals surface area contributed by atoms with Gasteiger partial charge in [0.25, 0.3) is 7.82 Å². The molecule has 7 heterocycles. The van der Waals surface area contributed by atoms with Gasteiger partial charge in [0.15, 0.2) is 6.23 Å². The number of ether oxygens (including phenoxy) is 1. The van der Waals surface area contributed by atoms with Gasteiger partial charge in [0.1, 0.15) is 18.3 Å². The number of aromatic nitrogens is 2. The molecule has 0 saturated carbocycles. The van der Waals surface area contributed by atoms with Gasteiger partial charge in [0.05, 0.1) is 41.7 Å². The van der Waals surface area contributed by atoms with Gasteiger partial charge < -0.3 is 90.3 Å². The molecule has 2 saturated heterocycles. The third-order valence-electron chi connectivity index (χ3n) is 20.6. The number of aliphatic hydroxyl groups excluding tert-OH is 2. The van der Waals surface area contributed by atoms with Crippen LogP contribution in [-0.4, -0.2) is 153 Å². The molecule has 15 atom stereocenters. The van der Waals surface area contributed by atoms with Crippen molar-refractivity contribution >= 4 is 103 Å². The number of aliphatic imine (C=N–C) groups is 3. The second-order valence-electron chi connectivity index (χ2n) is 27.1. The van der Waals surface area contributed by atoms with Crippen LogP contribution < -0.4 is 49.9 Å². The van der Waals surface area contributed by atoms with E-state index in [1.165, 1.54) is 17.8 Å². The number of fused-ring (bicyclic) bond motifs is 7. The number of carbonyl (C=O) groups excluding carboxylic acids is 7. The first kappa shape index (κ1) is 78.6. The number of primary amides is 6. The molecule has 4 radical (unpaired) electrons. The number of nitrogens with one attached hydrogen (secondary N) is 2. The Bertz CT molecular complexity index is 3610. The molecule has 7 amide bonds. The van der Waals surface area contributed by atoms with Crippen molar-refractivity contribution in [3.63, 3.8) is 0 Å². The normalized spacial score (nSPS) is 32.8. The predicted molar refractivity (Wildman–Crippen MR) is 342 cm³/mol. The summed E-state index contributed by atoms with van der Waals surface area (Å²) in [6.45, 7) is 23.8. The molecule has 94 heavy (non-hydrogen) atoms. The molecular weight excluding hydrogens is 1380 g/mol. The van der Waals surface area contributed by atoms with Crippen LogP contribution in [0.15, 0.2) is 67.8 Å². The van der Waals surface area contributed by atoms with Crippen LogP contribution in [0.2, 0.25) is 0 Å². The molecule has 0 aliphatic carbocycles. The van der Waals surface area contributed by atoms with Crippen molar-refractivity contribution in [2.45, 2.75) is 189 Å². The average molecular weight is 1470 g/mol. The van der Waals surface area contributed by atoms with Crippen LogP contribution in [0.25, 0.3) is 11.0 Å². The van der Waals surface area contributed by atoms with E-state index in [0.29, 0.717) is 56.4 Å². The van der Waals surface area contributed by atoms with Crippen molar-refractivity contribution in [3.05, 3.63) is 70.5 Å². The molecule has 31 heteroatoms. The van der Waals surface area contributed by atoms with E-state index in [9.17, 15) is 53.2 Å². The van der Waals surface area contributed by atoms with E-state index in [4.69, 9.17) is 75.0 Å². The minimum Gasteiger partial charge on any atom is -0.756 e. The van der Waals surface area contributed by atoms with Crippen LogP contribution in [0.5, 0.6) is 0 Å². The van der Waals surface area contributed by atoms with Crippen molar-refractivity contribution in [1.29, 1.82) is 5.26 Å². The van der Waals surface area contributed by atoms with E-state index in [-0.39, 0.29) is 120 Å². The smallest absolute Gasteiger partial charge is 0.756 e. The fraction of sp³-hybridized carbons (Fsp3) is 0.619. The number of nitrogens with zero attached hydrogens (tertiary/aromatic N) is 6. The summed E-state index contributed by atoms with van der Waals surface area (Å²) in [6.07, 6.45) is -4.57. The van der Waals surface area contributed by atoms with Crippen molar-refractivity contribution in [1.82, 2.24) is 20.2 Å². The van der Waals surface area contributed by atoms with Crippen molar-refractivity contribution in [3.8, 4) is 0 Å². The van der Waals surface area contributed by atoms with Gasteiger partial charge >= 0.3 is 16.8 Å².